The maximum atomic E-state index is 13.3. The molecule has 1 aromatic carbocycles. The Balaban J connectivity index is 1.41. The third-order valence-corrected chi connectivity index (χ3v) is 8.98. The molecule has 0 N–H and O–H groups in total. The molecule has 256 valence electrons. The van der Waals surface area contributed by atoms with E-state index in [4.69, 9.17) is 31.2 Å². The lowest BCUT2D eigenvalue weighted by Crippen LogP contribution is -2.45. The second-order valence-corrected chi connectivity index (χ2v) is 14.7. The van der Waals surface area contributed by atoms with Crippen molar-refractivity contribution in [1.82, 2.24) is 29.6 Å². The number of carbonyl (C=O) groups excluding carboxylic acids is 2. The van der Waals surface area contributed by atoms with Crippen LogP contribution in [0.15, 0.2) is 36.8 Å². The van der Waals surface area contributed by atoms with Crippen LogP contribution in [0.25, 0.3) is 22.2 Å². The van der Waals surface area contributed by atoms with Gasteiger partial charge in [-0.2, -0.15) is 10.4 Å². The van der Waals surface area contributed by atoms with Crippen molar-refractivity contribution in [2.75, 3.05) is 18.0 Å². The van der Waals surface area contributed by atoms with Gasteiger partial charge in [-0.05, 0) is 70.1 Å². The molecular weight excluding hydrogens is 644 g/mol. The predicted octanol–water partition coefficient (Wildman–Crippen LogP) is 6.74. The van der Waals surface area contributed by atoms with Crippen molar-refractivity contribution in [2.45, 2.75) is 85.6 Å². The predicted molar refractivity (Wildman–Crippen MR) is 185 cm³/mol. The summed E-state index contributed by atoms with van der Waals surface area (Å²) in [4.78, 5) is 43.1. The van der Waals surface area contributed by atoms with E-state index in [2.05, 4.69) is 36.8 Å². The zero-order valence-corrected chi connectivity index (χ0v) is 29.7. The number of aromatic nitrogens is 5. The number of benzene rings is 1. The average Bonchev–Trinajstić information content (AvgIpc) is 3.45. The first-order valence-electron chi connectivity index (χ1n) is 16.6. The summed E-state index contributed by atoms with van der Waals surface area (Å²) < 4.78 is 13.7. The fourth-order valence-electron chi connectivity index (χ4n) is 6.58. The van der Waals surface area contributed by atoms with Gasteiger partial charge in [0.05, 0.1) is 40.8 Å². The number of likely N-dealkylation sites (tertiary alicyclic amines) is 1. The average molecular weight is 685 g/mol. The van der Waals surface area contributed by atoms with Crippen LogP contribution < -0.4 is 9.64 Å². The number of anilines is 1. The molecule has 0 spiro atoms. The summed E-state index contributed by atoms with van der Waals surface area (Å²) in [5.74, 6) is 1.06. The Labute approximate surface area is 291 Å². The number of amides is 2. The fraction of sp³-hybridized carbons (Fsp3) is 0.472. The molecule has 0 saturated carbocycles. The third-order valence-electron chi connectivity index (χ3n) is 8.79. The molecule has 5 heterocycles. The quantitative estimate of drug-likeness (QED) is 0.216. The number of pyridine rings is 1. The Bertz CT molecular complexity index is 1950. The SMILES string of the molecule is CC(C)Cc1nc2c(cnn2[C@@H]2CCN(C(=O)OC(C)(C)C)C[C@H]2C)c(-c2ccc3c(c2)OC(C)C(=O)N3Cc2ncc(Cl)cn2)c1C#N. The molecule has 1 unspecified atom stereocenters. The molecule has 49 heavy (non-hydrogen) atoms. The van der Waals surface area contributed by atoms with Gasteiger partial charge in [0.2, 0.25) is 0 Å². The Hall–Kier alpha value is -4.76. The van der Waals surface area contributed by atoms with E-state index in [1.54, 1.807) is 22.9 Å². The molecule has 1 fully saturated rings. The van der Waals surface area contributed by atoms with Crippen LogP contribution in [0.5, 0.6) is 5.75 Å². The molecule has 2 aliphatic heterocycles. The molecular formula is C36H41ClN8O4. The van der Waals surface area contributed by atoms with E-state index in [9.17, 15) is 14.9 Å². The molecule has 6 rings (SSSR count). The zero-order valence-electron chi connectivity index (χ0n) is 28.9. The third kappa shape index (κ3) is 6.90. The minimum absolute atomic E-state index is 0.0151. The van der Waals surface area contributed by atoms with E-state index in [1.165, 1.54) is 12.4 Å². The van der Waals surface area contributed by atoms with Crippen LogP contribution >= 0.6 is 11.6 Å². The first-order valence-corrected chi connectivity index (χ1v) is 17.0. The number of piperidine rings is 1. The Morgan fingerprint density at radius 2 is 1.92 bits per heavy atom. The number of ether oxygens (including phenoxy) is 2. The summed E-state index contributed by atoms with van der Waals surface area (Å²) in [5.41, 5.74) is 3.36. The van der Waals surface area contributed by atoms with Crippen molar-refractivity contribution < 1.29 is 19.1 Å². The highest BCUT2D eigenvalue weighted by atomic mass is 35.5. The van der Waals surface area contributed by atoms with E-state index < -0.39 is 11.7 Å². The molecule has 0 aliphatic carbocycles. The van der Waals surface area contributed by atoms with Crippen molar-refractivity contribution in [3.05, 3.63) is 58.9 Å². The van der Waals surface area contributed by atoms with Crippen molar-refractivity contribution in [3.8, 4) is 22.9 Å². The highest BCUT2D eigenvalue weighted by Crippen LogP contribution is 2.42. The minimum Gasteiger partial charge on any atom is -0.479 e. The van der Waals surface area contributed by atoms with Crippen molar-refractivity contribution in [3.63, 3.8) is 0 Å². The molecule has 3 aromatic heterocycles. The first kappa shape index (κ1) is 34.1. The molecule has 0 bridgehead atoms. The molecule has 12 nitrogen and oxygen atoms in total. The van der Waals surface area contributed by atoms with Crippen LogP contribution in [0, 0.1) is 23.2 Å². The molecule has 2 amide bonds. The van der Waals surface area contributed by atoms with E-state index in [-0.39, 0.29) is 36.4 Å². The van der Waals surface area contributed by atoms with Gasteiger partial charge < -0.3 is 14.4 Å². The highest BCUT2D eigenvalue weighted by Gasteiger charge is 2.35. The van der Waals surface area contributed by atoms with Crippen molar-refractivity contribution >= 4 is 40.3 Å². The first-order chi connectivity index (χ1) is 23.2. The summed E-state index contributed by atoms with van der Waals surface area (Å²) in [6, 6.07) is 8.04. The van der Waals surface area contributed by atoms with E-state index >= 15 is 0 Å². The number of hydrogen-bond acceptors (Lipinski definition) is 9. The number of halogens is 1. The van der Waals surface area contributed by atoms with Crippen LogP contribution in [0.3, 0.4) is 0 Å². The molecule has 1 saturated heterocycles. The van der Waals surface area contributed by atoms with Crippen LogP contribution in [-0.2, 0) is 22.5 Å². The molecule has 0 radical (unpaired) electrons. The number of carbonyl (C=O) groups is 2. The van der Waals surface area contributed by atoms with Crippen LogP contribution in [0.1, 0.15) is 78.0 Å². The van der Waals surface area contributed by atoms with E-state index in [0.717, 1.165) is 16.5 Å². The van der Waals surface area contributed by atoms with E-state index in [0.29, 0.717) is 65.1 Å². The van der Waals surface area contributed by atoms with Gasteiger partial charge in [0, 0.05) is 36.4 Å². The molecule has 3 atom stereocenters. The second kappa shape index (κ2) is 13.3. The number of hydrogen-bond donors (Lipinski definition) is 0. The monoisotopic (exact) mass is 684 g/mol. The van der Waals surface area contributed by atoms with Gasteiger partial charge in [0.1, 0.15) is 23.2 Å². The summed E-state index contributed by atoms with van der Waals surface area (Å²) >= 11 is 5.98. The van der Waals surface area contributed by atoms with Crippen LogP contribution in [0.4, 0.5) is 10.5 Å². The number of rotatable bonds is 6. The van der Waals surface area contributed by atoms with Crippen molar-refractivity contribution in [1.29, 1.82) is 5.26 Å². The lowest BCUT2D eigenvalue weighted by Gasteiger charge is -2.37. The Morgan fingerprint density at radius 1 is 1.18 bits per heavy atom. The van der Waals surface area contributed by atoms with Crippen LogP contribution in [-0.4, -0.2) is 66.4 Å². The molecule has 13 heteroatoms. The Morgan fingerprint density at radius 3 is 2.57 bits per heavy atom. The van der Waals surface area contributed by atoms with Gasteiger partial charge in [-0.1, -0.05) is 38.4 Å². The topological polar surface area (TPSA) is 139 Å². The van der Waals surface area contributed by atoms with Gasteiger partial charge >= 0.3 is 6.09 Å². The standard InChI is InChI=1S/C36H41ClN8O4/c1-20(2)12-27-25(14-38)32(23-8-9-29-30(13-23)48-22(4)34(46)44(29)19-31-39-15-24(37)16-40-31)26-17-41-45(33(26)42-27)28-10-11-43(18-21(28)3)35(47)49-36(5,6)7/h8-9,13,15-17,20-22,28H,10-12,18-19H2,1-7H3/t21-,22?,28-/m1/s1. The second-order valence-electron chi connectivity index (χ2n) is 14.3. The van der Waals surface area contributed by atoms with Crippen molar-refractivity contribution in [2.24, 2.45) is 11.8 Å². The largest absolute Gasteiger partial charge is 0.479 e. The number of nitrogens with zero attached hydrogens (tertiary/aromatic N) is 8. The van der Waals surface area contributed by atoms with Gasteiger partial charge in [-0.15, -0.1) is 0 Å². The van der Waals surface area contributed by atoms with Gasteiger partial charge in [-0.25, -0.2) is 24.4 Å². The summed E-state index contributed by atoms with van der Waals surface area (Å²) in [5, 5.41) is 16.6. The van der Waals surface area contributed by atoms with Crippen LogP contribution in [0.2, 0.25) is 5.02 Å². The summed E-state index contributed by atoms with van der Waals surface area (Å²) in [6.45, 7) is 14.8. The summed E-state index contributed by atoms with van der Waals surface area (Å²) in [6.07, 6.45) is 5.01. The molecule has 2 aliphatic rings. The van der Waals surface area contributed by atoms with E-state index in [1.807, 2.05) is 43.7 Å². The van der Waals surface area contributed by atoms with Gasteiger partial charge in [0.25, 0.3) is 5.91 Å². The summed E-state index contributed by atoms with van der Waals surface area (Å²) in [7, 11) is 0. The van der Waals surface area contributed by atoms with Gasteiger partial charge in [-0.3, -0.25) is 9.69 Å². The molecule has 4 aromatic rings. The fourth-order valence-corrected chi connectivity index (χ4v) is 6.68. The lowest BCUT2D eigenvalue weighted by atomic mass is 9.92. The lowest BCUT2D eigenvalue weighted by molar-refractivity contribution is -0.125. The maximum absolute atomic E-state index is 13.3. The number of fused-ring (bicyclic) bond motifs is 2. The minimum atomic E-state index is -0.741. The normalized spacial score (nSPS) is 19.5. The zero-order chi connectivity index (χ0) is 35.2. The number of nitriles is 1. The maximum Gasteiger partial charge on any atom is 0.410 e. The Kier molecular flexibility index (Phi) is 9.24. The van der Waals surface area contributed by atoms with Gasteiger partial charge in [0.15, 0.2) is 11.8 Å². The highest BCUT2D eigenvalue weighted by molar-refractivity contribution is 6.30. The smallest absolute Gasteiger partial charge is 0.410 e.